The third-order valence-corrected chi connectivity index (χ3v) is 6.88. The first-order valence-corrected chi connectivity index (χ1v) is 8.68. The first-order valence-electron chi connectivity index (χ1n) is 8.68. The number of hydrogen-bond acceptors (Lipinski definition) is 10. The molecule has 5 rings (SSSR count). The van der Waals surface area contributed by atoms with Gasteiger partial charge in [-0.2, -0.15) is 0 Å². The van der Waals surface area contributed by atoms with E-state index in [-0.39, 0.29) is 12.8 Å². The number of aliphatic hydroxyl groups is 6. The van der Waals surface area contributed by atoms with Crippen molar-refractivity contribution in [2.45, 2.75) is 67.8 Å². The molecule has 3 aliphatic carbocycles. The second-order valence-electron chi connectivity index (χ2n) is 7.97. The fraction of sp³-hybridized carbons (Fsp3) is 0.938. The van der Waals surface area contributed by atoms with Crippen LogP contribution in [0.1, 0.15) is 19.8 Å². The van der Waals surface area contributed by atoms with Crippen molar-refractivity contribution in [3.8, 4) is 0 Å². The SMILES string of the molecule is CC12C[C@@H](O)C3C[C@@]1(O[C@@H]1O[C@H](CO)[C@@H](O)[C@H](O)[C@H]1O)C3(CO)C(=O)O2. The summed E-state index contributed by atoms with van der Waals surface area (Å²) in [5.41, 5.74) is -4.10. The molecule has 0 aromatic heterocycles. The highest BCUT2D eigenvalue weighted by Crippen LogP contribution is 2.73. The maximum absolute atomic E-state index is 12.6. The molecule has 2 aliphatic heterocycles. The highest BCUT2D eigenvalue weighted by atomic mass is 16.7. The number of fused-ring (bicyclic) bond motifs is 1. The molecule has 0 spiro atoms. The van der Waals surface area contributed by atoms with Crippen LogP contribution in [0.15, 0.2) is 0 Å². The van der Waals surface area contributed by atoms with Crippen molar-refractivity contribution >= 4 is 5.97 Å². The molecular formula is C16H24O10. The van der Waals surface area contributed by atoms with E-state index in [1.54, 1.807) is 6.92 Å². The van der Waals surface area contributed by atoms with Gasteiger partial charge >= 0.3 is 5.97 Å². The number of ether oxygens (including phenoxy) is 3. The van der Waals surface area contributed by atoms with Crippen LogP contribution in [0, 0.1) is 11.3 Å². The maximum Gasteiger partial charge on any atom is 0.318 e. The molecule has 0 radical (unpaired) electrons. The van der Waals surface area contributed by atoms with Crippen molar-refractivity contribution in [1.82, 2.24) is 0 Å². The predicted octanol–water partition coefficient (Wildman–Crippen LogP) is -3.38. The van der Waals surface area contributed by atoms with Crippen LogP contribution in [-0.2, 0) is 19.0 Å². The van der Waals surface area contributed by atoms with Crippen LogP contribution < -0.4 is 0 Å². The molecule has 10 heteroatoms. The Labute approximate surface area is 148 Å². The first kappa shape index (κ1) is 18.5. The molecule has 4 bridgehead atoms. The molecule has 2 saturated heterocycles. The zero-order valence-corrected chi connectivity index (χ0v) is 14.2. The van der Waals surface area contributed by atoms with Crippen LogP contribution in [0.5, 0.6) is 0 Å². The number of carbonyl (C=O) groups is 1. The Hall–Kier alpha value is -0.850. The lowest BCUT2D eigenvalue weighted by atomic mass is 9.41. The molecule has 10 nitrogen and oxygen atoms in total. The summed E-state index contributed by atoms with van der Waals surface area (Å²) in [6.07, 6.45) is -7.96. The van der Waals surface area contributed by atoms with Crippen molar-refractivity contribution < 1.29 is 49.6 Å². The van der Waals surface area contributed by atoms with Gasteiger partial charge < -0.3 is 44.8 Å². The zero-order chi connectivity index (χ0) is 19.1. The van der Waals surface area contributed by atoms with E-state index in [0.29, 0.717) is 0 Å². The van der Waals surface area contributed by atoms with Crippen molar-refractivity contribution in [3.63, 3.8) is 0 Å². The molecule has 0 aromatic carbocycles. The number of hydrogen-bond donors (Lipinski definition) is 6. The lowest BCUT2D eigenvalue weighted by molar-refractivity contribution is -0.394. The van der Waals surface area contributed by atoms with E-state index in [1.807, 2.05) is 0 Å². The van der Waals surface area contributed by atoms with Gasteiger partial charge in [0.1, 0.15) is 41.0 Å². The van der Waals surface area contributed by atoms with Crippen molar-refractivity contribution in [3.05, 3.63) is 0 Å². The molecule has 0 aromatic rings. The predicted molar refractivity (Wildman–Crippen MR) is 80.3 cm³/mol. The van der Waals surface area contributed by atoms with E-state index in [0.717, 1.165) is 0 Å². The summed E-state index contributed by atoms with van der Waals surface area (Å²) < 4.78 is 16.9. The number of carbonyl (C=O) groups excluding carboxylic acids is 1. The van der Waals surface area contributed by atoms with Crippen LogP contribution in [0.3, 0.4) is 0 Å². The molecule has 26 heavy (non-hydrogen) atoms. The minimum absolute atomic E-state index is 0.0998. The third kappa shape index (κ3) is 1.86. The first-order chi connectivity index (χ1) is 12.2. The molecule has 2 heterocycles. The summed E-state index contributed by atoms with van der Waals surface area (Å²) in [5.74, 6) is -1.24. The second kappa shape index (κ2) is 5.58. The van der Waals surface area contributed by atoms with Gasteiger partial charge in [0.25, 0.3) is 0 Å². The van der Waals surface area contributed by atoms with Gasteiger partial charge in [-0.3, -0.25) is 4.79 Å². The zero-order valence-electron chi connectivity index (χ0n) is 14.2. The molecule has 5 fully saturated rings. The summed E-state index contributed by atoms with van der Waals surface area (Å²) in [5, 5.41) is 59.8. The fourth-order valence-electron chi connectivity index (χ4n) is 5.38. The van der Waals surface area contributed by atoms with Crippen LogP contribution in [0.4, 0.5) is 0 Å². The average Bonchev–Trinajstić information content (AvgIpc) is 2.64. The van der Waals surface area contributed by atoms with Crippen LogP contribution >= 0.6 is 0 Å². The van der Waals surface area contributed by atoms with E-state index in [1.165, 1.54) is 0 Å². The van der Waals surface area contributed by atoms with E-state index in [2.05, 4.69) is 0 Å². The summed E-state index contributed by atoms with van der Waals surface area (Å²) in [4.78, 5) is 12.6. The lowest BCUT2D eigenvalue weighted by Crippen LogP contribution is -2.80. The largest absolute Gasteiger partial charge is 0.456 e. The van der Waals surface area contributed by atoms with Crippen molar-refractivity contribution in [2.75, 3.05) is 13.2 Å². The van der Waals surface area contributed by atoms with E-state index in [9.17, 15) is 35.4 Å². The van der Waals surface area contributed by atoms with E-state index < -0.39 is 78.5 Å². The van der Waals surface area contributed by atoms with Gasteiger partial charge in [0.15, 0.2) is 6.29 Å². The van der Waals surface area contributed by atoms with E-state index in [4.69, 9.17) is 14.2 Å². The van der Waals surface area contributed by atoms with Crippen molar-refractivity contribution in [1.29, 1.82) is 0 Å². The third-order valence-electron chi connectivity index (χ3n) is 6.88. The highest BCUT2D eigenvalue weighted by molar-refractivity contribution is 5.86. The Balaban J connectivity index is 1.68. The van der Waals surface area contributed by atoms with Crippen molar-refractivity contribution in [2.24, 2.45) is 11.3 Å². The van der Waals surface area contributed by atoms with Gasteiger partial charge in [-0.25, -0.2) is 0 Å². The molecule has 148 valence electrons. The van der Waals surface area contributed by atoms with Gasteiger partial charge in [0.2, 0.25) is 0 Å². The van der Waals surface area contributed by atoms with Gasteiger partial charge in [0, 0.05) is 12.3 Å². The van der Waals surface area contributed by atoms with Crippen LogP contribution in [0.25, 0.3) is 0 Å². The van der Waals surface area contributed by atoms with Gasteiger partial charge in [-0.15, -0.1) is 0 Å². The van der Waals surface area contributed by atoms with Crippen LogP contribution in [-0.4, -0.2) is 97.8 Å². The van der Waals surface area contributed by atoms with Crippen LogP contribution in [0.2, 0.25) is 0 Å². The number of rotatable bonds is 4. The average molecular weight is 376 g/mol. The molecule has 3 unspecified atom stereocenters. The topological polar surface area (TPSA) is 166 Å². The highest BCUT2D eigenvalue weighted by Gasteiger charge is 2.88. The summed E-state index contributed by atoms with van der Waals surface area (Å²) in [6, 6.07) is 0. The fourth-order valence-corrected chi connectivity index (χ4v) is 5.38. The Morgan fingerprint density at radius 3 is 2.42 bits per heavy atom. The maximum atomic E-state index is 12.6. The lowest BCUT2D eigenvalue weighted by Gasteiger charge is -2.66. The second-order valence-corrected chi connectivity index (χ2v) is 7.97. The summed E-state index contributed by atoms with van der Waals surface area (Å²) in [7, 11) is 0. The summed E-state index contributed by atoms with van der Waals surface area (Å²) in [6.45, 7) is 0.364. The Morgan fingerprint density at radius 2 is 1.81 bits per heavy atom. The van der Waals surface area contributed by atoms with Gasteiger partial charge in [0.05, 0.1) is 19.3 Å². The normalized spacial score (nSPS) is 58.3. The number of esters is 1. The molecule has 10 atom stereocenters. The molecular weight excluding hydrogens is 352 g/mol. The Kier molecular flexibility index (Phi) is 3.97. The standard InChI is InChI=1S/C16H24O10/c1-14-3-7(19)6-2-16(14,15(6,5-18)13(23)26-14)25-12-11(22)10(21)9(20)8(4-17)24-12/h6-12,17-22H,2-5H2,1H3/t6?,7-,8-,9-,10+,11-,12+,14?,15?,16+/m1/s1. The summed E-state index contributed by atoms with van der Waals surface area (Å²) >= 11 is 0. The molecule has 0 amide bonds. The van der Waals surface area contributed by atoms with Gasteiger partial charge in [-0.1, -0.05) is 0 Å². The monoisotopic (exact) mass is 376 g/mol. The Bertz CT molecular complexity index is 612. The Morgan fingerprint density at radius 1 is 1.12 bits per heavy atom. The molecule has 6 N–H and O–H groups in total. The van der Waals surface area contributed by atoms with Gasteiger partial charge in [-0.05, 0) is 13.3 Å². The minimum Gasteiger partial charge on any atom is -0.456 e. The van der Waals surface area contributed by atoms with E-state index >= 15 is 0 Å². The molecule has 5 aliphatic rings. The smallest absolute Gasteiger partial charge is 0.318 e. The number of aliphatic hydroxyl groups excluding tert-OH is 6. The minimum atomic E-state index is -1.64. The quantitative estimate of drug-likeness (QED) is 0.273. The molecule has 3 saturated carbocycles.